The molecular formula is C20H22ClF6NO5. The summed E-state index contributed by atoms with van der Waals surface area (Å²) >= 11 is 6.29. The summed E-state index contributed by atoms with van der Waals surface area (Å²) in [4.78, 5) is 22.2. The van der Waals surface area contributed by atoms with Gasteiger partial charge in [0.25, 0.3) is 0 Å². The summed E-state index contributed by atoms with van der Waals surface area (Å²) in [6, 6.07) is 3.33. The van der Waals surface area contributed by atoms with Gasteiger partial charge in [0.1, 0.15) is 5.75 Å². The van der Waals surface area contributed by atoms with Crippen LogP contribution < -0.4 is 4.74 Å². The van der Waals surface area contributed by atoms with Crippen LogP contribution in [0.3, 0.4) is 0 Å². The van der Waals surface area contributed by atoms with Crippen molar-refractivity contribution in [1.29, 1.82) is 0 Å². The van der Waals surface area contributed by atoms with Crippen LogP contribution in [0.25, 0.3) is 6.08 Å². The number of hydrogen-bond donors (Lipinski definition) is 2. The lowest BCUT2D eigenvalue weighted by atomic mass is 9.99. The number of benzene rings is 1. The van der Waals surface area contributed by atoms with E-state index in [1.165, 1.54) is 12.1 Å². The van der Waals surface area contributed by atoms with Gasteiger partial charge in [-0.25, -0.2) is 9.59 Å². The summed E-state index contributed by atoms with van der Waals surface area (Å²) in [5.74, 6) is -4.46. The molecule has 6 nitrogen and oxygen atoms in total. The molecule has 1 atom stereocenters. The Balaban J connectivity index is 0.000000675. The second-order valence-corrected chi connectivity index (χ2v) is 8.00. The second kappa shape index (κ2) is 10.6. The molecular weight excluding hydrogens is 484 g/mol. The summed E-state index contributed by atoms with van der Waals surface area (Å²) in [6.45, 7) is 8.51. The lowest BCUT2D eigenvalue weighted by Crippen LogP contribution is -2.40. The number of halogens is 7. The number of alkyl halides is 6. The maximum absolute atomic E-state index is 13.2. The van der Waals surface area contributed by atoms with Crippen LogP contribution in [0.2, 0.25) is 5.02 Å². The predicted octanol–water partition coefficient (Wildman–Crippen LogP) is 5.38. The van der Waals surface area contributed by atoms with Crippen molar-refractivity contribution in [2.24, 2.45) is 0 Å². The molecule has 0 aromatic heterocycles. The lowest BCUT2D eigenvalue weighted by molar-refractivity contribution is -0.192. The van der Waals surface area contributed by atoms with Gasteiger partial charge in [-0.2, -0.15) is 26.3 Å². The van der Waals surface area contributed by atoms with Crippen molar-refractivity contribution in [3.63, 3.8) is 0 Å². The normalized spacial score (nSPS) is 16.1. The average molecular weight is 506 g/mol. The van der Waals surface area contributed by atoms with Crippen molar-refractivity contribution in [1.82, 2.24) is 4.90 Å². The topological polar surface area (TPSA) is 87.1 Å². The van der Waals surface area contributed by atoms with Gasteiger partial charge in [0.15, 0.2) is 0 Å². The minimum absolute atomic E-state index is 0.0239. The molecule has 0 bridgehead atoms. The fourth-order valence-electron chi connectivity index (χ4n) is 2.96. The van der Waals surface area contributed by atoms with Gasteiger partial charge in [0.2, 0.25) is 6.10 Å². The Kier molecular flexibility index (Phi) is 9.21. The Morgan fingerprint density at radius 1 is 1.06 bits per heavy atom. The zero-order valence-electron chi connectivity index (χ0n) is 17.9. The Morgan fingerprint density at radius 2 is 1.55 bits per heavy atom. The van der Waals surface area contributed by atoms with Crippen molar-refractivity contribution in [2.45, 2.75) is 64.8 Å². The van der Waals surface area contributed by atoms with Crippen LogP contribution in [-0.2, 0) is 16.1 Å². The Hall–Kier alpha value is -2.47. The number of hydrogen-bond acceptors (Lipinski definition) is 4. The van der Waals surface area contributed by atoms with E-state index >= 15 is 0 Å². The average Bonchev–Trinajstić information content (AvgIpc) is 2.63. The lowest BCUT2D eigenvalue weighted by Gasteiger charge is -2.32. The van der Waals surface area contributed by atoms with Crippen molar-refractivity contribution < 1.29 is 50.9 Å². The molecule has 2 rings (SSSR count). The zero-order chi connectivity index (χ0) is 25.9. The summed E-state index contributed by atoms with van der Waals surface area (Å²) in [7, 11) is 0. The van der Waals surface area contributed by atoms with Crippen LogP contribution in [0.5, 0.6) is 5.75 Å². The SMILES string of the molecule is CC(C)N(Cc1cc2c(cc1Cl)C=C(C(=O)O)C(C(F)(F)F)O2)C(C)C.O=C(O)C(F)(F)F. The van der Waals surface area contributed by atoms with Gasteiger partial charge in [-0.15, -0.1) is 0 Å². The second-order valence-electron chi connectivity index (χ2n) is 7.59. The Labute approximate surface area is 190 Å². The van der Waals surface area contributed by atoms with E-state index in [2.05, 4.69) is 4.90 Å². The number of ether oxygens (including phenoxy) is 1. The fraction of sp³-hybridized carbons (Fsp3) is 0.500. The molecule has 1 heterocycles. The summed E-state index contributed by atoms with van der Waals surface area (Å²) in [5, 5.41) is 16.6. The van der Waals surface area contributed by atoms with E-state index in [1.54, 1.807) is 0 Å². The molecule has 0 saturated heterocycles. The highest BCUT2D eigenvalue weighted by Crippen LogP contribution is 2.39. The van der Waals surface area contributed by atoms with E-state index in [1.807, 2.05) is 27.7 Å². The first-order valence-electron chi connectivity index (χ1n) is 9.42. The van der Waals surface area contributed by atoms with E-state index in [0.29, 0.717) is 17.1 Å². The molecule has 1 aliphatic rings. The Bertz CT molecular complexity index is 903. The van der Waals surface area contributed by atoms with Crippen LogP contribution >= 0.6 is 11.6 Å². The van der Waals surface area contributed by atoms with Gasteiger partial charge in [0, 0.05) is 29.2 Å². The third-order valence-corrected chi connectivity index (χ3v) is 4.84. The van der Waals surface area contributed by atoms with Gasteiger partial charge < -0.3 is 14.9 Å². The van der Waals surface area contributed by atoms with Crippen LogP contribution in [0.15, 0.2) is 17.7 Å². The number of carbonyl (C=O) groups is 2. The maximum Gasteiger partial charge on any atom is 0.490 e. The Morgan fingerprint density at radius 3 is 1.91 bits per heavy atom. The van der Waals surface area contributed by atoms with E-state index in [4.69, 9.17) is 31.3 Å². The molecule has 0 fully saturated rings. The molecule has 1 aromatic carbocycles. The quantitative estimate of drug-likeness (QED) is 0.522. The molecule has 33 heavy (non-hydrogen) atoms. The largest absolute Gasteiger partial charge is 0.490 e. The highest BCUT2D eigenvalue weighted by molar-refractivity contribution is 6.31. The number of carboxylic acids is 2. The smallest absolute Gasteiger partial charge is 0.478 e. The van der Waals surface area contributed by atoms with Crippen LogP contribution in [0.1, 0.15) is 38.8 Å². The van der Waals surface area contributed by atoms with E-state index in [0.717, 1.165) is 6.08 Å². The molecule has 0 radical (unpaired) electrons. The van der Waals surface area contributed by atoms with Gasteiger partial charge in [0.05, 0.1) is 5.57 Å². The number of rotatable bonds is 5. The molecule has 186 valence electrons. The maximum atomic E-state index is 13.2. The van der Waals surface area contributed by atoms with Crippen molar-refractivity contribution >= 4 is 29.6 Å². The first kappa shape index (κ1) is 28.6. The highest BCUT2D eigenvalue weighted by atomic mass is 35.5. The van der Waals surface area contributed by atoms with Gasteiger partial charge in [-0.05, 0) is 51.5 Å². The number of nitrogens with zero attached hydrogens (tertiary/aromatic N) is 1. The standard InChI is InChI=1S/C18H21ClF3NO3.C2HF3O2/c1-9(2)23(10(3)4)8-12-7-15-11(6-14(12)19)5-13(17(24)25)16(26-15)18(20,21)22;3-2(4,5)1(6)7/h5-7,9-10,16H,8H2,1-4H3,(H,24,25);(H,6,7). The van der Waals surface area contributed by atoms with Crippen LogP contribution in [0, 0.1) is 0 Å². The minimum atomic E-state index is -5.08. The molecule has 0 spiro atoms. The monoisotopic (exact) mass is 505 g/mol. The third kappa shape index (κ3) is 7.81. The molecule has 0 amide bonds. The first-order valence-corrected chi connectivity index (χ1v) is 9.80. The molecule has 0 saturated carbocycles. The summed E-state index contributed by atoms with van der Waals surface area (Å²) in [5.41, 5.74) is -0.0157. The molecule has 1 unspecified atom stereocenters. The molecule has 13 heteroatoms. The van der Waals surface area contributed by atoms with E-state index in [-0.39, 0.29) is 23.4 Å². The third-order valence-electron chi connectivity index (χ3n) is 4.48. The van der Waals surface area contributed by atoms with Crippen molar-refractivity contribution in [2.75, 3.05) is 0 Å². The number of fused-ring (bicyclic) bond motifs is 1. The van der Waals surface area contributed by atoms with Crippen molar-refractivity contribution in [3.8, 4) is 5.75 Å². The molecule has 1 aliphatic heterocycles. The van der Waals surface area contributed by atoms with Crippen LogP contribution in [0.4, 0.5) is 26.3 Å². The van der Waals surface area contributed by atoms with E-state index < -0.39 is 36.0 Å². The predicted molar refractivity (Wildman–Crippen MR) is 107 cm³/mol. The van der Waals surface area contributed by atoms with Crippen LogP contribution in [-0.4, -0.2) is 57.6 Å². The molecule has 0 aliphatic carbocycles. The van der Waals surface area contributed by atoms with Gasteiger partial charge in [-0.3, -0.25) is 4.90 Å². The molecule has 1 aromatic rings. The van der Waals surface area contributed by atoms with E-state index in [9.17, 15) is 31.1 Å². The molecule has 2 N–H and O–H groups in total. The van der Waals surface area contributed by atoms with Crippen molar-refractivity contribution in [3.05, 3.63) is 33.9 Å². The number of carboxylic acid groups (broad SMARTS) is 2. The highest BCUT2D eigenvalue weighted by Gasteiger charge is 2.48. The minimum Gasteiger partial charge on any atom is -0.478 e. The summed E-state index contributed by atoms with van der Waals surface area (Å²) < 4.78 is 76.3. The van der Waals surface area contributed by atoms with Gasteiger partial charge >= 0.3 is 24.3 Å². The number of aliphatic carboxylic acids is 2. The summed E-state index contributed by atoms with van der Waals surface area (Å²) in [6.07, 6.45) is -11.4. The zero-order valence-corrected chi connectivity index (χ0v) is 18.6. The van der Waals surface area contributed by atoms with Gasteiger partial charge in [-0.1, -0.05) is 11.6 Å². The first-order chi connectivity index (χ1) is 14.9. The fourth-order valence-corrected chi connectivity index (χ4v) is 3.19.